The van der Waals surface area contributed by atoms with Crippen LogP contribution in [0.4, 0.5) is 14.7 Å². The molecule has 6 aromatic rings. The molecule has 20 nitrogen and oxygen atoms in total. The van der Waals surface area contributed by atoms with Crippen LogP contribution in [0.25, 0.3) is 44.6 Å². The number of methoxy groups -OCH3 is 2. The summed E-state index contributed by atoms with van der Waals surface area (Å²) in [6.07, 6.45) is 4.63. The van der Waals surface area contributed by atoms with Crippen LogP contribution in [0.5, 0.6) is 11.5 Å². The molecule has 4 aromatic heterocycles. The normalized spacial score (nSPS) is 20.0. The van der Waals surface area contributed by atoms with Crippen LogP contribution < -0.4 is 20.5 Å². The fraction of sp³-hybridized carbons (Fsp3) is 0.389. The first-order valence-electron chi connectivity index (χ1n) is 18.4. The zero-order valence-corrected chi connectivity index (χ0v) is 35.5. The lowest BCUT2D eigenvalue weighted by Gasteiger charge is -2.34. The Bertz CT molecular complexity index is 2730. The lowest BCUT2D eigenvalue weighted by molar-refractivity contribution is 0.0880. The molecule has 2 aliphatic heterocycles. The first-order chi connectivity index (χ1) is 28.9. The van der Waals surface area contributed by atoms with Gasteiger partial charge in [0.2, 0.25) is 31.3 Å². The molecule has 4 atom stereocenters. The number of aromatic nitrogens is 8. The molecule has 7 N–H and O–H groups in total. The van der Waals surface area contributed by atoms with Crippen molar-refractivity contribution in [3.8, 4) is 34.0 Å². The predicted molar refractivity (Wildman–Crippen MR) is 222 cm³/mol. The van der Waals surface area contributed by atoms with Crippen molar-refractivity contribution in [3.05, 3.63) is 65.7 Å². The second kappa shape index (κ2) is 18.8. The number of hydrogen-bond donors (Lipinski definition) is 6. The Morgan fingerprint density at radius 2 is 1.28 bits per heavy atom. The smallest absolute Gasteiger partial charge is 0.225 e. The lowest BCUT2D eigenvalue weighted by atomic mass is 10.0. The molecular weight excluding hydrogens is 866 g/mol. The summed E-state index contributed by atoms with van der Waals surface area (Å²) in [7, 11) is -3.51. The maximum atomic E-state index is 13.7. The summed E-state index contributed by atoms with van der Waals surface area (Å²) in [5, 5.41) is 37.8. The van der Waals surface area contributed by atoms with E-state index in [1.54, 1.807) is 12.3 Å². The number of ether oxygens (including phenoxy) is 2. The van der Waals surface area contributed by atoms with Gasteiger partial charge in [-0.3, -0.25) is 10.2 Å². The fourth-order valence-electron chi connectivity index (χ4n) is 6.58. The zero-order valence-electron chi connectivity index (χ0n) is 33.1. The van der Waals surface area contributed by atoms with Gasteiger partial charge in [0.15, 0.2) is 11.3 Å². The van der Waals surface area contributed by atoms with Gasteiger partial charge in [0.1, 0.15) is 23.1 Å². The van der Waals surface area contributed by atoms with Crippen LogP contribution in [0, 0.1) is 11.6 Å². The molecule has 0 aliphatic carbocycles. The maximum absolute atomic E-state index is 13.7. The van der Waals surface area contributed by atoms with Gasteiger partial charge in [0.25, 0.3) is 0 Å². The Morgan fingerprint density at radius 1 is 0.787 bits per heavy atom. The van der Waals surface area contributed by atoms with Gasteiger partial charge in [-0.15, -0.1) is 0 Å². The third-order valence-corrected chi connectivity index (χ3v) is 12.6. The lowest BCUT2D eigenvalue weighted by Crippen LogP contribution is -2.51. The Kier molecular flexibility index (Phi) is 14.0. The number of nitrogens with zero attached hydrogens (tertiary/aromatic N) is 8. The fourth-order valence-corrected chi connectivity index (χ4v) is 8.43. The summed E-state index contributed by atoms with van der Waals surface area (Å²) in [5.74, 6) is 0.478. The molecule has 0 amide bonds. The standard InChI is InChI=1S/C18H21FN6O4S.C12H8ClFN4O.C6H14N2O3S/c1-29-15-4-3-10(19)7-11(15)16-12-8-20-18(22-17(12)24-23-16)21-13-5-6-25(9-14(13)26)30(2,27)28;1-19-9-3-2-6(14)4-7(9)10-8-5-15-12(13)16-11(8)18-17-10;1-12(10,11)8-3-2-5(7)6(9)4-8/h3-4,7-8,13-14,26H,5-6,9H2,1-2H3,(H2,20,21,22,23,24);2-5H,1H3,(H,15,16,17,18);5-6,9H,2-4,7H2,1H3/t13?,14-;;5-,6-/m0.0/s1. The number of nitrogens with two attached hydrogens (primary N) is 1. The van der Waals surface area contributed by atoms with Crippen molar-refractivity contribution in [2.75, 3.05) is 58.2 Å². The monoisotopic (exact) mass is 908 g/mol. The largest absolute Gasteiger partial charge is 0.496 e. The van der Waals surface area contributed by atoms with Crippen molar-refractivity contribution in [2.24, 2.45) is 5.73 Å². The van der Waals surface area contributed by atoms with E-state index in [-0.39, 0.29) is 36.2 Å². The van der Waals surface area contributed by atoms with Gasteiger partial charge in [0.05, 0.1) is 67.1 Å². The maximum Gasteiger partial charge on any atom is 0.225 e. The highest BCUT2D eigenvalue weighted by Crippen LogP contribution is 2.35. The second-order valence-corrected chi connectivity index (χ2v) is 18.4. The Balaban J connectivity index is 0.000000171. The summed E-state index contributed by atoms with van der Waals surface area (Å²) in [4.78, 5) is 16.5. The molecule has 0 spiro atoms. The molecule has 2 aliphatic rings. The van der Waals surface area contributed by atoms with Crippen LogP contribution in [0.3, 0.4) is 0 Å². The van der Waals surface area contributed by atoms with E-state index in [0.29, 0.717) is 82.0 Å². The minimum absolute atomic E-state index is 0.00463. The van der Waals surface area contributed by atoms with Crippen LogP contribution in [0.15, 0.2) is 48.8 Å². The molecule has 2 aromatic carbocycles. The number of fused-ring (bicyclic) bond motifs is 2. The van der Waals surface area contributed by atoms with Crippen LogP contribution in [0.2, 0.25) is 5.28 Å². The van der Waals surface area contributed by atoms with E-state index in [9.17, 15) is 35.8 Å². The van der Waals surface area contributed by atoms with Gasteiger partial charge >= 0.3 is 0 Å². The van der Waals surface area contributed by atoms with E-state index in [0.717, 1.165) is 12.5 Å². The Morgan fingerprint density at radius 3 is 1.77 bits per heavy atom. The molecular formula is C36H43ClF2N12O8S2. The number of sulfonamides is 2. The number of β-amino-alcohol motifs (C(OH)–C–C–N with tert-alkyl or cyclic N) is 2. The molecule has 0 bridgehead atoms. The molecule has 61 heavy (non-hydrogen) atoms. The third-order valence-electron chi connectivity index (χ3n) is 9.85. The SMILES string of the molecule is COc1ccc(F)cc1-c1[nH]nc2nc(Cl)ncc12.COc1ccc(F)cc1-c1[nH]nc2nc(NC3CCN(S(C)(=O)=O)C[C@@H]3O)ncc12.CS(=O)(=O)N1CC[C@H](N)[C@@H](O)C1. The first kappa shape index (κ1) is 45.3. The third kappa shape index (κ3) is 10.8. The van der Waals surface area contributed by atoms with Crippen molar-refractivity contribution in [1.82, 2.24) is 48.9 Å². The summed E-state index contributed by atoms with van der Waals surface area (Å²) in [6.45, 7) is 0.837. The number of benzene rings is 2. The quantitative estimate of drug-likeness (QED) is 0.119. The van der Waals surface area contributed by atoms with Gasteiger partial charge in [-0.1, -0.05) is 0 Å². The zero-order chi connectivity index (χ0) is 44.2. The van der Waals surface area contributed by atoms with Gasteiger partial charge in [0, 0.05) is 55.7 Å². The number of aliphatic hydroxyl groups excluding tert-OH is 2. The minimum atomic E-state index is -3.35. The van der Waals surface area contributed by atoms with Crippen LogP contribution >= 0.6 is 11.6 Å². The summed E-state index contributed by atoms with van der Waals surface area (Å²) in [6, 6.07) is 7.72. The molecule has 8 rings (SSSR count). The number of anilines is 1. The topological polar surface area (TPSA) is 281 Å². The minimum Gasteiger partial charge on any atom is -0.496 e. The van der Waals surface area contributed by atoms with Crippen LogP contribution in [-0.2, 0) is 20.0 Å². The molecule has 2 fully saturated rings. The highest BCUT2D eigenvalue weighted by Gasteiger charge is 2.33. The number of halogens is 3. The van der Waals surface area contributed by atoms with E-state index < -0.39 is 44.1 Å². The summed E-state index contributed by atoms with van der Waals surface area (Å²) in [5.41, 5.74) is 8.44. The number of rotatable bonds is 8. The first-order valence-corrected chi connectivity index (χ1v) is 22.5. The molecule has 6 heterocycles. The Hall–Kier alpha value is -5.21. The number of aliphatic hydroxyl groups is 2. The number of H-pyrrole nitrogens is 2. The number of aromatic amines is 2. The number of nitrogens with one attached hydrogen (secondary N) is 3. The van der Waals surface area contributed by atoms with Crippen molar-refractivity contribution in [2.45, 2.75) is 37.1 Å². The predicted octanol–water partition coefficient (Wildman–Crippen LogP) is 2.14. The Labute approximate surface area is 353 Å². The molecule has 2 saturated heterocycles. The van der Waals surface area contributed by atoms with E-state index >= 15 is 0 Å². The van der Waals surface area contributed by atoms with Gasteiger partial charge in [-0.2, -0.15) is 28.8 Å². The van der Waals surface area contributed by atoms with E-state index in [1.807, 2.05) is 0 Å². The summed E-state index contributed by atoms with van der Waals surface area (Å²) < 4.78 is 85.5. The van der Waals surface area contributed by atoms with Crippen LogP contribution in [0.1, 0.15) is 12.8 Å². The highest BCUT2D eigenvalue weighted by atomic mass is 35.5. The molecule has 0 saturated carbocycles. The van der Waals surface area contributed by atoms with Crippen molar-refractivity contribution >= 4 is 59.7 Å². The van der Waals surface area contributed by atoms with Gasteiger partial charge < -0.3 is 30.7 Å². The van der Waals surface area contributed by atoms with Gasteiger partial charge in [-0.05, 0) is 60.8 Å². The molecule has 1 unspecified atom stereocenters. The average Bonchev–Trinajstić information content (AvgIpc) is 3.83. The van der Waals surface area contributed by atoms with Crippen molar-refractivity contribution < 1.29 is 45.3 Å². The van der Waals surface area contributed by atoms with Gasteiger partial charge in [-0.25, -0.2) is 35.6 Å². The van der Waals surface area contributed by atoms with E-state index in [4.69, 9.17) is 26.8 Å². The highest BCUT2D eigenvalue weighted by molar-refractivity contribution is 7.88. The van der Waals surface area contributed by atoms with Crippen LogP contribution in [-0.4, -0.2) is 153 Å². The summed E-state index contributed by atoms with van der Waals surface area (Å²) >= 11 is 5.70. The van der Waals surface area contributed by atoms with Crippen molar-refractivity contribution in [3.63, 3.8) is 0 Å². The number of hydrogen-bond acceptors (Lipinski definition) is 16. The van der Waals surface area contributed by atoms with E-state index in [1.165, 1.54) is 59.4 Å². The molecule has 0 radical (unpaired) electrons. The van der Waals surface area contributed by atoms with Crippen molar-refractivity contribution in [1.29, 1.82) is 0 Å². The average molecular weight is 909 g/mol. The molecule has 328 valence electrons. The molecule has 25 heteroatoms. The number of piperidine rings is 2. The second-order valence-electron chi connectivity index (χ2n) is 14.1. The van der Waals surface area contributed by atoms with E-state index in [2.05, 4.69) is 45.6 Å².